The summed E-state index contributed by atoms with van der Waals surface area (Å²) in [6.45, 7) is 4.38. The average Bonchev–Trinajstić information content (AvgIpc) is 3.58. The number of furan rings is 1. The maximum absolute atomic E-state index is 13.1. The fourth-order valence-corrected chi connectivity index (χ4v) is 5.65. The van der Waals surface area contributed by atoms with Crippen LogP contribution in [0, 0.1) is 13.8 Å². The lowest BCUT2D eigenvalue weighted by Crippen LogP contribution is -2.35. The Morgan fingerprint density at radius 3 is 2.46 bits per heavy atom. The first kappa shape index (κ1) is 24.7. The molecular formula is C25H26N6O5S. The van der Waals surface area contributed by atoms with Gasteiger partial charge in [-0.3, -0.25) is 14.6 Å². The Balaban J connectivity index is 1.45. The first-order valence-electron chi connectivity index (χ1n) is 11.9. The van der Waals surface area contributed by atoms with E-state index in [1.807, 2.05) is 0 Å². The third-order valence-corrected chi connectivity index (χ3v) is 8.29. The third-order valence-electron chi connectivity index (χ3n) is 6.38. The van der Waals surface area contributed by atoms with Crippen molar-refractivity contribution in [3.05, 3.63) is 75.9 Å². The zero-order valence-corrected chi connectivity index (χ0v) is 21.2. The molecule has 12 heteroatoms. The lowest BCUT2D eigenvalue weighted by molar-refractivity contribution is 0.102. The minimum absolute atomic E-state index is 0.129. The minimum atomic E-state index is -3.60. The van der Waals surface area contributed by atoms with Gasteiger partial charge in [-0.1, -0.05) is 6.42 Å². The molecule has 0 atom stereocenters. The minimum Gasteiger partial charge on any atom is -0.463 e. The van der Waals surface area contributed by atoms with Gasteiger partial charge in [0.15, 0.2) is 5.76 Å². The molecule has 37 heavy (non-hydrogen) atoms. The van der Waals surface area contributed by atoms with Crippen molar-refractivity contribution in [2.45, 2.75) is 38.0 Å². The number of nitrogens with zero attached hydrogens (tertiary/aromatic N) is 4. The fourth-order valence-electron chi connectivity index (χ4n) is 4.13. The van der Waals surface area contributed by atoms with Gasteiger partial charge in [-0.05, 0) is 63.1 Å². The van der Waals surface area contributed by atoms with Gasteiger partial charge in [0.05, 0.1) is 11.2 Å². The molecule has 1 aliphatic heterocycles. The Morgan fingerprint density at radius 1 is 1.08 bits per heavy atom. The second-order valence-corrected chi connectivity index (χ2v) is 10.8. The standard InChI is InChI=1S/C25H26N6O5S/c1-16-17(2)26-25(28-23(16)32)31-22(15-20(29-31)21-7-6-14-36-21)27-24(33)18-8-10-19(11-9-18)37(34,35)30-12-4-3-5-13-30/h6-11,14-15H,3-5,12-13H2,1-2H3,(H,27,33)(H,26,28,32). The number of rotatable bonds is 6. The van der Waals surface area contributed by atoms with E-state index in [9.17, 15) is 18.0 Å². The van der Waals surface area contributed by atoms with Crippen molar-refractivity contribution in [3.63, 3.8) is 0 Å². The number of anilines is 1. The number of H-pyrrole nitrogens is 1. The summed E-state index contributed by atoms with van der Waals surface area (Å²) in [5.74, 6) is 0.352. The zero-order valence-electron chi connectivity index (χ0n) is 20.4. The van der Waals surface area contributed by atoms with Gasteiger partial charge in [0, 0.05) is 36.0 Å². The zero-order chi connectivity index (χ0) is 26.2. The van der Waals surface area contributed by atoms with Crippen molar-refractivity contribution in [1.29, 1.82) is 0 Å². The molecule has 192 valence electrons. The van der Waals surface area contributed by atoms with E-state index in [2.05, 4.69) is 20.4 Å². The second-order valence-electron chi connectivity index (χ2n) is 8.85. The highest BCUT2D eigenvalue weighted by Gasteiger charge is 2.26. The molecule has 1 saturated heterocycles. The smallest absolute Gasteiger partial charge is 0.256 e. The highest BCUT2D eigenvalue weighted by Crippen LogP contribution is 2.25. The number of benzene rings is 1. The highest BCUT2D eigenvalue weighted by molar-refractivity contribution is 7.89. The van der Waals surface area contributed by atoms with Gasteiger partial charge in [0.1, 0.15) is 11.5 Å². The van der Waals surface area contributed by atoms with Crippen molar-refractivity contribution in [1.82, 2.24) is 24.1 Å². The second kappa shape index (κ2) is 9.79. The predicted octanol–water partition coefficient (Wildman–Crippen LogP) is 3.26. The van der Waals surface area contributed by atoms with Crippen molar-refractivity contribution in [2.75, 3.05) is 18.4 Å². The Hall–Kier alpha value is -4.03. The Labute approximate surface area is 213 Å². The van der Waals surface area contributed by atoms with Crippen LogP contribution in [0.1, 0.15) is 40.9 Å². The third kappa shape index (κ3) is 4.85. The van der Waals surface area contributed by atoms with Gasteiger partial charge < -0.3 is 9.73 Å². The van der Waals surface area contributed by atoms with E-state index in [1.165, 1.54) is 39.5 Å². The molecule has 1 aromatic carbocycles. The van der Waals surface area contributed by atoms with Crippen molar-refractivity contribution in [3.8, 4) is 17.4 Å². The van der Waals surface area contributed by atoms with Crippen LogP contribution in [-0.2, 0) is 10.0 Å². The van der Waals surface area contributed by atoms with E-state index in [0.717, 1.165) is 19.3 Å². The molecule has 4 aromatic rings. The molecule has 2 N–H and O–H groups in total. The number of aromatic amines is 1. The number of piperidine rings is 1. The van der Waals surface area contributed by atoms with Crippen LogP contribution in [0.15, 0.2) is 62.8 Å². The van der Waals surface area contributed by atoms with Crippen LogP contribution in [0.3, 0.4) is 0 Å². The van der Waals surface area contributed by atoms with Crippen LogP contribution in [0.2, 0.25) is 0 Å². The molecule has 3 aromatic heterocycles. The summed E-state index contributed by atoms with van der Waals surface area (Å²) in [5.41, 5.74) is 1.36. The molecule has 5 rings (SSSR count). The summed E-state index contributed by atoms with van der Waals surface area (Å²) in [7, 11) is -3.60. The molecular weight excluding hydrogens is 496 g/mol. The molecule has 1 amide bonds. The number of nitrogens with one attached hydrogen (secondary N) is 2. The van der Waals surface area contributed by atoms with E-state index in [0.29, 0.717) is 35.8 Å². The van der Waals surface area contributed by atoms with E-state index in [-0.39, 0.29) is 27.8 Å². The number of hydrogen-bond acceptors (Lipinski definition) is 7. The summed E-state index contributed by atoms with van der Waals surface area (Å²) in [6, 6.07) is 10.8. The molecule has 0 spiro atoms. The normalized spacial score (nSPS) is 14.5. The van der Waals surface area contributed by atoms with Crippen molar-refractivity contribution < 1.29 is 17.6 Å². The maximum Gasteiger partial charge on any atom is 0.256 e. The Kier molecular flexibility index (Phi) is 6.52. The molecule has 4 heterocycles. The maximum atomic E-state index is 13.1. The molecule has 0 saturated carbocycles. The lowest BCUT2D eigenvalue weighted by Gasteiger charge is -2.25. The van der Waals surface area contributed by atoms with Gasteiger partial charge in [-0.2, -0.15) is 14.1 Å². The monoisotopic (exact) mass is 522 g/mol. The van der Waals surface area contributed by atoms with Crippen LogP contribution in [0.25, 0.3) is 17.4 Å². The Bertz CT molecular complexity index is 1600. The van der Waals surface area contributed by atoms with Crippen molar-refractivity contribution >= 4 is 21.7 Å². The van der Waals surface area contributed by atoms with E-state index in [4.69, 9.17) is 4.42 Å². The van der Waals surface area contributed by atoms with Crippen LogP contribution in [-0.4, -0.2) is 51.5 Å². The molecule has 0 bridgehead atoms. The van der Waals surface area contributed by atoms with Crippen LogP contribution in [0.5, 0.6) is 0 Å². The average molecular weight is 523 g/mol. The first-order chi connectivity index (χ1) is 17.7. The quantitative estimate of drug-likeness (QED) is 0.396. The molecule has 0 unspecified atom stereocenters. The number of carbonyl (C=O) groups excluding carboxylic acids is 1. The number of aromatic nitrogens is 4. The van der Waals surface area contributed by atoms with E-state index in [1.54, 1.807) is 32.0 Å². The summed E-state index contributed by atoms with van der Waals surface area (Å²) in [6.07, 6.45) is 4.21. The predicted molar refractivity (Wildman–Crippen MR) is 136 cm³/mol. The van der Waals surface area contributed by atoms with Crippen LogP contribution in [0.4, 0.5) is 5.82 Å². The largest absolute Gasteiger partial charge is 0.463 e. The van der Waals surface area contributed by atoms with E-state index < -0.39 is 15.9 Å². The number of hydrogen-bond donors (Lipinski definition) is 2. The molecule has 0 radical (unpaired) electrons. The molecule has 1 aliphatic rings. The fraction of sp³-hybridized carbons (Fsp3) is 0.280. The summed E-state index contributed by atoms with van der Waals surface area (Å²) >= 11 is 0. The van der Waals surface area contributed by atoms with Crippen LogP contribution >= 0.6 is 0 Å². The Morgan fingerprint density at radius 2 is 1.81 bits per heavy atom. The lowest BCUT2D eigenvalue weighted by atomic mass is 10.2. The summed E-state index contributed by atoms with van der Waals surface area (Å²) in [4.78, 5) is 32.7. The SMILES string of the molecule is Cc1nc(-n2nc(-c3ccco3)cc2NC(=O)c2ccc(S(=O)(=O)N3CCCCC3)cc2)[nH]c(=O)c1C. The number of amides is 1. The highest BCUT2D eigenvalue weighted by atomic mass is 32.2. The van der Waals surface area contributed by atoms with Gasteiger partial charge >= 0.3 is 0 Å². The summed E-state index contributed by atoms with van der Waals surface area (Å²) in [5, 5.41) is 7.25. The molecule has 11 nitrogen and oxygen atoms in total. The number of aryl methyl sites for hydroxylation is 1. The molecule has 1 fully saturated rings. The van der Waals surface area contributed by atoms with Gasteiger partial charge in [0.2, 0.25) is 16.0 Å². The van der Waals surface area contributed by atoms with Gasteiger partial charge in [-0.15, -0.1) is 0 Å². The van der Waals surface area contributed by atoms with Crippen molar-refractivity contribution in [2.24, 2.45) is 0 Å². The number of carbonyl (C=O) groups is 1. The van der Waals surface area contributed by atoms with Crippen LogP contribution < -0.4 is 10.9 Å². The van der Waals surface area contributed by atoms with Gasteiger partial charge in [0.25, 0.3) is 11.5 Å². The van der Waals surface area contributed by atoms with Gasteiger partial charge in [-0.25, -0.2) is 13.4 Å². The first-order valence-corrected chi connectivity index (χ1v) is 13.3. The number of sulfonamides is 1. The molecule has 0 aliphatic carbocycles. The topological polar surface area (TPSA) is 143 Å². The summed E-state index contributed by atoms with van der Waals surface area (Å²) < 4.78 is 34.1. The van der Waals surface area contributed by atoms with E-state index >= 15 is 0 Å².